The van der Waals surface area contributed by atoms with Gasteiger partial charge in [0.25, 0.3) is 0 Å². The molecule has 1 saturated heterocycles. The first kappa shape index (κ1) is 7.88. The Morgan fingerprint density at radius 3 is 2.00 bits per heavy atom. The van der Waals surface area contributed by atoms with Gasteiger partial charge in [0, 0.05) is 0 Å². The van der Waals surface area contributed by atoms with Crippen LogP contribution in [0.1, 0.15) is 12.8 Å². The molecule has 1 heterocycles. The molecular formula is C5H13NO2. The quantitative estimate of drug-likeness (QED) is 0.425. The van der Waals surface area contributed by atoms with Gasteiger partial charge in [-0.05, 0) is 25.9 Å². The fourth-order valence-corrected chi connectivity index (χ4v) is 0.807. The SMILES string of the molecule is O.OC1CCNCC1. The van der Waals surface area contributed by atoms with Crippen LogP contribution in [0, 0.1) is 0 Å². The van der Waals surface area contributed by atoms with E-state index in [9.17, 15) is 0 Å². The molecule has 3 heteroatoms. The topological polar surface area (TPSA) is 63.8 Å². The molecule has 0 aromatic carbocycles. The van der Waals surface area contributed by atoms with Crippen LogP contribution in [0.2, 0.25) is 0 Å². The number of aliphatic hydroxyl groups is 1. The standard InChI is InChI=1S/C5H11NO.H2O/c7-5-1-3-6-4-2-5;/h5-7H,1-4H2;1H2. The van der Waals surface area contributed by atoms with E-state index < -0.39 is 0 Å². The van der Waals surface area contributed by atoms with Gasteiger partial charge >= 0.3 is 0 Å². The third-order valence-electron chi connectivity index (χ3n) is 1.31. The lowest BCUT2D eigenvalue weighted by Crippen LogP contribution is -2.30. The van der Waals surface area contributed by atoms with Crippen molar-refractivity contribution in [1.82, 2.24) is 5.32 Å². The summed E-state index contributed by atoms with van der Waals surface area (Å²) in [7, 11) is 0. The van der Waals surface area contributed by atoms with E-state index in [0.717, 1.165) is 25.9 Å². The maximum Gasteiger partial charge on any atom is 0.0564 e. The predicted octanol–water partition coefficient (Wildman–Crippen LogP) is -1.09. The lowest BCUT2D eigenvalue weighted by Gasteiger charge is -2.16. The zero-order chi connectivity index (χ0) is 5.11. The molecule has 0 saturated carbocycles. The molecule has 0 aromatic heterocycles. The summed E-state index contributed by atoms with van der Waals surface area (Å²) in [5.74, 6) is 0. The maximum atomic E-state index is 8.87. The molecular weight excluding hydrogens is 106 g/mol. The van der Waals surface area contributed by atoms with Crippen LogP contribution in [0.4, 0.5) is 0 Å². The van der Waals surface area contributed by atoms with Crippen molar-refractivity contribution in [3.63, 3.8) is 0 Å². The lowest BCUT2D eigenvalue weighted by atomic mass is 10.1. The molecule has 0 bridgehead atoms. The van der Waals surface area contributed by atoms with E-state index in [4.69, 9.17) is 5.11 Å². The second kappa shape index (κ2) is 3.83. The Bertz CT molecular complexity index is 52.4. The van der Waals surface area contributed by atoms with E-state index in [1.165, 1.54) is 0 Å². The van der Waals surface area contributed by atoms with Gasteiger partial charge in [-0.15, -0.1) is 0 Å². The van der Waals surface area contributed by atoms with E-state index >= 15 is 0 Å². The molecule has 1 fully saturated rings. The minimum atomic E-state index is -0.0266. The molecule has 50 valence electrons. The normalized spacial score (nSPS) is 22.1. The van der Waals surface area contributed by atoms with Crippen LogP contribution in [-0.2, 0) is 0 Å². The first-order valence-corrected chi connectivity index (χ1v) is 2.78. The zero-order valence-corrected chi connectivity index (χ0v) is 4.85. The number of piperidine rings is 1. The number of aliphatic hydroxyl groups excluding tert-OH is 1. The van der Waals surface area contributed by atoms with Crippen LogP contribution in [0.3, 0.4) is 0 Å². The first-order valence-electron chi connectivity index (χ1n) is 2.78. The summed E-state index contributed by atoms with van der Waals surface area (Å²) in [6, 6.07) is 0. The van der Waals surface area contributed by atoms with Gasteiger partial charge in [-0.3, -0.25) is 0 Å². The highest BCUT2D eigenvalue weighted by Crippen LogP contribution is 1.99. The van der Waals surface area contributed by atoms with E-state index in [1.807, 2.05) is 0 Å². The van der Waals surface area contributed by atoms with Crippen LogP contribution < -0.4 is 5.32 Å². The number of rotatable bonds is 0. The van der Waals surface area contributed by atoms with Gasteiger partial charge in [-0.1, -0.05) is 0 Å². The Hall–Kier alpha value is -0.120. The fraction of sp³-hybridized carbons (Fsp3) is 1.00. The Labute approximate surface area is 49.0 Å². The highest BCUT2D eigenvalue weighted by Gasteiger charge is 2.06. The van der Waals surface area contributed by atoms with Gasteiger partial charge < -0.3 is 15.9 Å². The monoisotopic (exact) mass is 119 g/mol. The van der Waals surface area contributed by atoms with Crippen molar-refractivity contribution < 1.29 is 10.6 Å². The molecule has 0 spiro atoms. The third-order valence-corrected chi connectivity index (χ3v) is 1.31. The van der Waals surface area contributed by atoms with Gasteiger partial charge in [0.15, 0.2) is 0 Å². The summed E-state index contributed by atoms with van der Waals surface area (Å²) in [4.78, 5) is 0. The zero-order valence-electron chi connectivity index (χ0n) is 4.85. The molecule has 0 amide bonds. The summed E-state index contributed by atoms with van der Waals surface area (Å²) < 4.78 is 0. The Morgan fingerprint density at radius 1 is 1.25 bits per heavy atom. The Kier molecular flexibility index (Phi) is 3.77. The molecule has 0 atom stereocenters. The summed E-state index contributed by atoms with van der Waals surface area (Å²) in [5, 5.41) is 12.0. The van der Waals surface area contributed by atoms with Gasteiger partial charge in [0.2, 0.25) is 0 Å². The highest BCUT2D eigenvalue weighted by molar-refractivity contribution is 4.65. The second-order valence-electron chi connectivity index (χ2n) is 1.98. The second-order valence-corrected chi connectivity index (χ2v) is 1.98. The van der Waals surface area contributed by atoms with Crippen LogP contribution in [0.5, 0.6) is 0 Å². The lowest BCUT2D eigenvalue weighted by molar-refractivity contribution is 0.137. The van der Waals surface area contributed by atoms with E-state index in [2.05, 4.69) is 5.32 Å². The molecule has 0 aromatic rings. The average Bonchev–Trinajstić information content (AvgIpc) is 1.69. The average molecular weight is 119 g/mol. The van der Waals surface area contributed by atoms with E-state index in [-0.39, 0.29) is 11.6 Å². The van der Waals surface area contributed by atoms with Crippen molar-refractivity contribution in [3.8, 4) is 0 Å². The van der Waals surface area contributed by atoms with Crippen LogP contribution in [-0.4, -0.2) is 29.8 Å². The molecule has 1 rings (SSSR count). The van der Waals surface area contributed by atoms with Gasteiger partial charge in [0.05, 0.1) is 6.10 Å². The van der Waals surface area contributed by atoms with Crippen molar-refractivity contribution in [2.75, 3.05) is 13.1 Å². The van der Waals surface area contributed by atoms with E-state index in [1.54, 1.807) is 0 Å². The summed E-state index contributed by atoms with van der Waals surface area (Å²) in [5.41, 5.74) is 0. The Morgan fingerprint density at radius 2 is 1.75 bits per heavy atom. The largest absolute Gasteiger partial charge is 0.412 e. The molecule has 8 heavy (non-hydrogen) atoms. The minimum Gasteiger partial charge on any atom is -0.412 e. The Balaban J connectivity index is 0.000000490. The van der Waals surface area contributed by atoms with Crippen molar-refractivity contribution >= 4 is 0 Å². The summed E-state index contributed by atoms with van der Waals surface area (Å²) >= 11 is 0. The van der Waals surface area contributed by atoms with E-state index in [0.29, 0.717) is 0 Å². The molecule has 1 aliphatic heterocycles. The number of nitrogens with one attached hydrogen (secondary N) is 1. The van der Waals surface area contributed by atoms with Crippen molar-refractivity contribution in [3.05, 3.63) is 0 Å². The van der Waals surface area contributed by atoms with Crippen molar-refractivity contribution in [2.45, 2.75) is 18.9 Å². The molecule has 4 N–H and O–H groups in total. The highest BCUT2D eigenvalue weighted by atomic mass is 16.3. The number of hydrogen-bond acceptors (Lipinski definition) is 2. The maximum absolute atomic E-state index is 8.87. The van der Waals surface area contributed by atoms with Gasteiger partial charge in [-0.25, -0.2) is 0 Å². The predicted molar refractivity (Wildman–Crippen MR) is 31.7 cm³/mol. The van der Waals surface area contributed by atoms with Crippen LogP contribution in [0.25, 0.3) is 0 Å². The smallest absolute Gasteiger partial charge is 0.0564 e. The summed E-state index contributed by atoms with van der Waals surface area (Å²) in [6.07, 6.45) is 1.83. The fourth-order valence-electron chi connectivity index (χ4n) is 0.807. The van der Waals surface area contributed by atoms with Gasteiger partial charge in [-0.2, -0.15) is 0 Å². The van der Waals surface area contributed by atoms with Crippen LogP contribution >= 0.6 is 0 Å². The van der Waals surface area contributed by atoms with Crippen molar-refractivity contribution in [1.29, 1.82) is 0 Å². The molecule has 3 nitrogen and oxygen atoms in total. The molecule has 1 aliphatic rings. The van der Waals surface area contributed by atoms with Crippen LogP contribution in [0.15, 0.2) is 0 Å². The van der Waals surface area contributed by atoms with Crippen molar-refractivity contribution in [2.24, 2.45) is 0 Å². The first-order chi connectivity index (χ1) is 3.39. The number of hydrogen-bond donors (Lipinski definition) is 2. The minimum absolute atomic E-state index is 0. The molecule has 0 aliphatic carbocycles. The summed E-state index contributed by atoms with van der Waals surface area (Å²) in [6.45, 7) is 1.97. The van der Waals surface area contributed by atoms with Gasteiger partial charge in [0.1, 0.15) is 0 Å². The molecule has 0 unspecified atom stereocenters. The molecule has 0 radical (unpaired) electrons. The third kappa shape index (κ3) is 2.26.